The molecule has 0 aliphatic rings. The average Bonchev–Trinajstić information content (AvgIpc) is 2.94. The summed E-state index contributed by atoms with van der Waals surface area (Å²) in [6.07, 6.45) is 0. The van der Waals surface area contributed by atoms with Crippen LogP contribution in [0.5, 0.6) is 0 Å². The first-order valence-corrected chi connectivity index (χ1v) is 6.91. The van der Waals surface area contributed by atoms with Crippen LogP contribution < -0.4 is 5.32 Å². The van der Waals surface area contributed by atoms with Crippen LogP contribution in [0.2, 0.25) is 5.02 Å². The Kier molecular flexibility index (Phi) is 3.84. The van der Waals surface area contributed by atoms with Crippen LogP contribution in [-0.2, 0) is 7.05 Å². The highest BCUT2D eigenvalue weighted by Gasteiger charge is 2.10. The maximum Gasteiger partial charge on any atom is 0.257 e. The molecule has 6 nitrogen and oxygen atoms in total. The van der Waals surface area contributed by atoms with Gasteiger partial charge in [0.15, 0.2) is 5.82 Å². The fourth-order valence-electron chi connectivity index (χ4n) is 2.02. The molecule has 110 valence electrons. The molecule has 1 amide bonds. The van der Waals surface area contributed by atoms with Crippen LogP contribution in [0.3, 0.4) is 0 Å². The minimum Gasteiger partial charge on any atom is -0.322 e. The van der Waals surface area contributed by atoms with Crippen molar-refractivity contribution in [2.45, 2.75) is 0 Å². The number of benzene rings is 2. The number of nitrogens with zero attached hydrogens (tertiary/aromatic N) is 4. The molecule has 22 heavy (non-hydrogen) atoms. The first-order valence-electron chi connectivity index (χ1n) is 6.54. The van der Waals surface area contributed by atoms with Gasteiger partial charge in [-0.15, -0.1) is 5.10 Å². The molecule has 7 heteroatoms. The zero-order valence-corrected chi connectivity index (χ0v) is 12.4. The van der Waals surface area contributed by atoms with E-state index in [0.717, 1.165) is 5.56 Å². The molecule has 0 radical (unpaired) electrons. The number of hydrogen-bond donors (Lipinski definition) is 1. The second-order valence-electron chi connectivity index (χ2n) is 4.64. The first kappa shape index (κ1) is 14.2. The number of carbonyl (C=O) groups excluding carboxylic acids is 1. The van der Waals surface area contributed by atoms with Crippen LogP contribution in [0, 0.1) is 0 Å². The molecule has 0 spiro atoms. The van der Waals surface area contributed by atoms with Gasteiger partial charge in [0.1, 0.15) is 0 Å². The van der Waals surface area contributed by atoms with Gasteiger partial charge in [-0.25, -0.2) is 4.68 Å². The van der Waals surface area contributed by atoms with Crippen LogP contribution in [-0.4, -0.2) is 26.1 Å². The predicted molar refractivity (Wildman–Crippen MR) is 83.6 cm³/mol. The number of aryl methyl sites for hydroxylation is 1. The Bertz CT molecular complexity index is 813. The topological polar surface area (TPSA) is 72.7 Å². The Balaban J connectivity index is 1.78. The van der Waals surface area contributed by atoms with Crippen molar-refractivity contribution in [2.24, 2.45) is 7.05 Å². The van der Waals surface area contributed by atoms with Crippen LogP contribution >= 0.6 is 11.6 Å². The third-order valence-electron chi connectivity index (χ3n) is 3.14. The number of carbonyl (C=O) groups is 1. The Labute approximate surface area is 131 Å². The standard InChI is InChI=1S/C15H12ClN5O/c1-21-14(18-19-20-21)10-6-8-11(9-7-10)17-15(22)12-4-2-3-5-13(12)16/h2-9H,1H3,(H,17,22). The van der Waals surface area contributed by atoms with Crippen molar-refractivity contribution >= 4 is 23.2 Å². The number of rotatable bonds is 3. The lowest BCUT2D eigenvalue weighted by Crippen LogP contribution is -2.12. The van der Waals surface area contributed by atoms with Crippen molar-refractivity contribution in [1.29, 1.82) is 0 Å². The van der Waals surface area contributed by atoms with Crippen molar-refractivity contribution < 1.29 is 4.79 Å². The van der Waals surface area contributed by atoms with Gasteiger partial charge in [0.2, 0.25) is 0 Å². The van der Waals surface area contributed by atoms with Gasteiger partial charge >= 0.3 is 0 Å². The molecule has 0 aliphatic carbocycles. The molecule has 2 aromatic carbocycles. The van der Waals surface area contributed by atoms with Gasteiger partial charge in [-0.1, -0.05) is 23.7 Å². The lowest BCUT2D eigenvalue weighted by atomic mass is 10.1. The Hall–Kier alpha value is -2.73. The lowest BCUT2D eigenvalue weighted by Gasteiger charge is -2.07. The maximum absolute atomic E-state index is 12.2. The zero-order chi connectivity index (χ0) is 15.5. The molecule has 1 heterocycles. The van der Waals surface area contributed by atoms with E-state index < -0.39 is 0 Å². The number of amides is 1. The Morgan fingerprint density at radius 3 is 2.50 bits per heavy atom. The highest BCUT2D eigenvalue weighted by Crippen LogP contribution is 2.20. The predicted octanol–water partition coefficient (Wildman–Crippen LogP) is 2.78. The molecule has 0 bridgehead atoms. The van der Waals surface area contributed by atoms with Gasteiger partial charge in [0.05, 0.1) is 10.6 Å². The van der Waals surface area contributed by atoms with Gasteiger partial charge in [-0.3, -0.25) is 4.79 Å². The quantitative estimate of drug-likeness (QED) is 0.807. The average molecular weight is 314 g/mol. The summed E-state index contributed by atoms with van der Waals surface area (Å²) in [6.45, 7) is 0. The Morgan fingerprint density at radius 1 is 1.14 bits per heavy atom. The number of aromatic nitrogens is 4. The zero-order valence-electron chi connectivity index (χ0n) is 11.7. The fourth-order valence-corrected chi connectivity index (χ4v) is 2.24. The summed E-state index contributed by atoms with van der Waals surface area (Å²) in [4.78, 5) is 12.2. The molecular formula is C15H12ClN5O. The maximum atomic E-state index is 12.2. The molecule has 0 aliphatic heterocycles. The molecule has 1 aromatic heterocycles. The van der Waals surface area contributed by atoms with Crippen molar-refractivity contribution in [3.63, 3.8) is 0 Å². The van der Waals surface area contributed by atoms with Crippen LogP contribution in [0.4, 0.5) is 5.69 Å². The summed E-state index contributed by atoms with van der Waals surface area (Å²) in [5, 5.41) is 14.5. The van der Waals surface area contributed by atoms with Gasteiger partial charge in [0, 0.05) is 18.3 Å². The van der Waals surface area contributed by atoms with Crippen LogP contribution in [0.15, 0.2) is 48.5 Å². The molecular weight excluding hydrogens is 302 g/mol. The van der Waals surface area contributed by atoms with E-state index in [1.54, 1.807) is 48.1 Å². The van der Waals surface area contributed by atoms with Gasteiger partial charge in [-0.05, 0) is 46.8 Å². The summed E-state index contributed by atoms with van der Waals surface area (Å²) >= 11 is 6.01. The normalized spacial score (nSPS) is 10.5. The number of tetrazole rings is 1. The van der Waals surface area contributed by atoms with Gasteiger partial charge < -0.3 is 5.32 Å². The first-order chi connectivity index (χ1) is 10.6. The molecule has 3 aromatic rings. The molecule has 0 saturated heterocycles. The summed E-state index contributed by atoms with van der Waals surface area (Å²) in [5.74, 6) is 0.405. The second kappa shape index (κ2) is 5.95. The highest BCUT2D eigenvalue weighted by atomic mass is 35.5. The second-order valence-corrected chi connectivity index (χ2v) is 5.04. The molecule has 0 unspecified atom stereocenters. The summed E-state index contributed by atoms with van der Waals surface area (Å²) in [5.41, 5.74) is 1.97. The summed E-state index contributed by atoms with van der Waals surface area (Å²) in [6, 6.07) is 14.2. The molecule has 3 rings (SSSR count). The van der Waals surface area contributed by atoms with Crippen LogP contribution in [0.1, 0.15) is 10.4 Å². The number of hydrogen-bond acceptors (Lipinski definition) is 4. The van der Waals surface area contributed by atoms with Gasteiger partial charge in [0.25, 0.3) is 5.91 Å². The number of anilines is 1. The van der Waals surface area contributed by atoms with Crippen molar-refractivity contribution in [3.05, 3.63) is 59.1 Å². The number of halogens is 1. The Morgan fingerprint density at radius 2 is 1.86 bits per heavy atom. The van der Waals surface area contributed by atoms with E-state index in [1.807, 2.05) is 12.1 Å². The summed E-state index contributed by atoms with van der Waals surface area (Å²) in [7, 11) is 1.77. The molecule has 0 saturated carbocycles. The molecule has 0 atom stereocenters. The monoisotopic (exact) mass is 313 g/mol. The molecule has 1 N–H and O–H groups in total. The van der Waals surface area contributed by atoms with E-state index in [9.17, 15) is 4.79 Å². The number of nitrogens with one attached hydrogen (secondary N) is 1. The smallest absolute Gasteiger partial charge is 0.257 e. The van der Waals surface area contributed by atoms with Crippen molar-refractivity contribution in [2.75, 3.05) is 5.32 Å². The SMILES string of the molecule is Cn1nnnc1-c1ccc(NC(=O)c2ccccc2Cl)cc1. The minimum atomic E-state index is -0.251. The van der Waals surface area contributed by atoms with Crippen LogP contribution in [0.25, 0.3) is 11.4 Å². The van der Waals surface area contributed by atoms with Crippen molar-refractivity contribution in [3.8, 4) is 11.4 Å². The van der Waals surface area contributed by atoms with E-state index in [2.05, 4.69) is 20.8 Å². The molecule has 0 fully saturated rings. The van der Waals surface area contributed by atoms with Gasteiger partial charge in [-0.2, -0.15) is 0 Å². The third kappa shape index (κ3) is 2.82. The minimum absolute atomic E-state index is 0.251. The summed E-state index contributed by atoms with van der Waals surface area (Å²) < 4.78 is 1.58. The van der Waals surface area contributed by atoms with E-state index in [0.29, 0.717) is 22.1 Å². The van der Waals surface area contributed by atoms with Crippen molar-refractivity contribution in [1.82, 2.24) is 20.2 Å². The van der Waals surface area contributed by atoms with E-state index in [1.165, 1.54) is 0 Å². The highest BCUT2D eigenvalue weighted by molar-refractivity contribution is 6.34. The lowest BCUT2D eigenvalue weighted by molar-refractivity contribution is 0.102. The van der Waals surface area contributed by atoms with E-state index in [4.69, 9.17) is 11.6 Å². The fraction of sp³-hybridized carbons (Fsp3) is 0.0667. The largest absolute Gasteiger partial charge is 0.322 e. The van der Waals surface area contributed by atoms with E-state index >= 15 is 0 Å². The third-order valence-corrected chi connectivity index (χ3v) is 3.47. The van der Waals surface area contributed by atoms with E-state index in [-0.39, 0.29) is 5.91 Å².